The summed E-state index contributed by atoms with van der Waals surface area (Å²) in [5, 5.41) is 0. The van der Waals surface area contributed by atoms with Gasteiger partial charge in [0.25, 0.3) is 0 Å². The summed E-state index contributed by atoms with van der Waals surface area (Å²) in [4.78, 5) is 28.3. The first-order chi connectivity index (χ1) is 12.7. The number of amides is 1. The molecule has 1 aromatic rings. The molecule has 0 spiro atoms. The fourth-order valence-corrected chi connectivity index (χ4v) is 4.48. The van der Waals surface area contributed by atoms with Crippen molar-refractivity contribution in [2.45, 2.75) is 45.1 Å². The van der Waals surface area contributed by atoms with Crippen LogP contribution in [0.4, 0.5) is 5.69 Å². The van der Waals surface area contributed by atoms with E-state index in [1.807, 2.05) is 13.0 Å². The third-order valence-electron chi connectivity index (χ3n) is 4.67. The second-order valence-electron chi connectivity index (χ2n) is 6.42. The Balaban J connectivity index is 2.03. The molecule has 2 heterocycles. The molecule has 142 valence electrons. The van der Waals surface area contributed by atoms with E-state index in [2.05, 4.69) is 6.08 Å². The number of methoxy groups -OCH3 is 1. The number of hydrogen-bond donors (Lipinski definition) is 0. The van der Waals surface area contributed by atoms with Crippen LogP contribution < -0.4 is 4.90 Å². The molecule has 0 aromatic carbocycles. The first-order valence-electron chi connectivity index (χ1n) is 9.04. The van der Waals surface area contributed by atoms with Crippen LogP contribution in [0.2, 0.25) is 0 Å². The van der Waals surface area contributed by atoms with Gasteiger partial charge in [0.05, 0.1) is 32.1 Å². The predicted octanol–water partition coefficient (Wildman–Crippen LogP) is 3.61. The smallest absolute Gasteiger partial charge is 0.350 e. The molecule has 1 aromatic heterocycles. The molecule has 0 unspecified atom stereocenters. The Morgan fingerprint density at radius 3 is 2.69 bits per heavy atom. The Kier molecular flexibility index (Phi) is 6.45. The van der Waals surface area contributed by atoms with Crippen molar-refractivity contribution in [1.82, 2.24) is 0 Å². The molecule has 1 fully saturated rings. The molecular weight excluding hydrogens is 354 g/mol. The second kappa shape index (κ2) is 8.79. The highest BCUT2D eigenvalue weighted by molar-refractivity contribution is 7.15. The minimum absolute atomic E-state index is 0.0590. The van der Waals surface area contributed by atoms with Gasteiger partial charge in [0.2, 0.25) is 5.91 Å². The summed E-state index contributed by atoms with van der Waals surface area (Å²) in [5.41, 5.74) is 1.85. The molecular formula is C19H25NO5S. The molecule has 0 radical (unpaired) electrons. The number of hydrogen-bond acceptors (Lipinski definition) is 6. The zero-order valence-electron chi connectivity index (χ0n) is 15.3. The first-order valence-corrected chi connectivity index (χ1v) is 9.86. The van der Waals surface area contributed by atoms with Crippen molar-refractivity contribution in [3.63, 3.8) is 0 Å². The predicted molar refractivity (Wildman–Crippen MR) is 100 cm³/mol. The van der Waals surface area contributed by atoms with Gasteiger partial charge in [-0.1, -0.05) is 13.0 Å². The standard InChI is InChI=1S/C19H25NO5S/c1-3-17(21)20(14-10-24-12-25-11-14)15-9-16(13-7-5-4-6-8-13)26-18(15)19(22)23-2/h7,9,14H,3-6,8,10-12H2,1-2H3. The molecule has 0 saturated carbocycles. The van der Waals surface area contributed by atoms with Gasteiger partial charge in [0.15, 0.2) is 0 Å². The summed E-state index contributed by atoms with van der Waals surface area (Å²) >= 11 is 1.40. The summed E-state index contributed by atoms with van der Waals surface area (Å²) in [6.45, 7) is 2.82. The van der Waals surface area contributed by atoms with E-state index in [1.54, 1.807) is 4.90 Å². The van der Waals surface area contributed by atoms with E-state index in [0.717, 1.165) is 24.1 Å². The van der Waals surface area contributed by atoms with Gasteiger partial charge in [-0.2, -0.15) is 0 Å². The lowest BCUT2D eigenvalue weighted by molar-refractivity contribution is -0.127. The van der Waals surface area contributed by atoms with Crippen molar-refractivity contribution in [3.05, 3.63) is 21.9 Å². The van der Waals surface area contributed by atoms with Gasteiger partial charge in [-0.25, -0.2) is 4.79 Å². The van der Waals surface area contributed by atoms with Gasteiger partial charge in [-0.3, -0.25) is 4.79 Å². The maximum Gasteiger partial charge on any atom is 0.350 e. The topological polar surface area (TPSA) is 65.1 Å². The Bertz CT molecular complexity index is 690. The van der Waals surface area contributed by atoms with Crippen molar-refractivity contribution < 1.29 is 23.8 Å². The molecule has 0 bridgehead atoms. The number of rotatable bonds is 5. The van der Waals surface area contributed by atoms with Crippen LogP contribution in [0.25, 0.3) is 5.57 Å². The monoisotopic (exact) mass is 379 g/mol. The summed E-state index contributed by atoms with van der Waals surface area (Å²) in [6.07, 6.45) is 6.97. The summed E-state index contributed by atoms with van der Waals surface area (Å²) in [6, 6.07) is 1.71. The van der Waals surface area contributed by atoms with Crippen LogP contribution in [0.5, 0.6) is 0 Å². The SMILES string of the molecule is CCC(=O)N(c1cc(C2=CCCCC2)sc1C(=O)OC)C1COCOC1. The van der Waals surface area contributed by atoms with Crippen molar-refractivity contribution in [1.29, 1.82) is 0 Å². The molecule has 0 N–H and O–H groups in total. The summed E-state index contributed by atoms with van der Waals surface area (Å²) < 4.78 is 15.8. The van der Waals surface area contributed by atoms with E-state index < -0.39 is 5.97 Å². The molecule has 6 nitrogen and oxygen atoms in total. The number of ether oxygens (including phenoxy) is 3. The number of carbonyl (C=O) groups is 2. The summed E-state index contributed by atoms with van der Waals surface area (Å²) in [7, 11) is 1.37. The van der Waals surface area contributed by atoms with Crippen LogP contribution in [0.3, 0.4) is 0 Å². The minimum Gasteiger partial charge on any atom is -0.465 e. The highest BCUT2D eigenvalue weighted by atomic mass is 32.1. The van der Waals surface area contributed by atoms with Gasteiger partial charge in [0, 0.05) is 11.3 Å². The van der Waals surface area contributed by atoms with Crippen LogP contribution in [-0.2, 0) is 19.0 Å². The average molecular weight is 379 g/mol. The summed E-state index contributed by atoms with van der Waals surface area (Å²) in [5.74, 6) is -0.476. The Morgan fingerprint density at radius 1 is 1.31 bits per heavy atom. The van der Waals surface area contributed by atoms with Crippen molar-refractivity contribution in [3.8, 4) is 0 Å². The van der Waals surface area contributed by atoms with Crippen LogP contribution in [0.1, 0.15) is 53.6 Å². The van der Waals surface area contributed by atoms with Gasteiger partial charge < -0.3 is 19.1 Å². The van der Waals surface area contributed by atoms with Crippen molar-refractivity contribution in [2.75, 3.05) is 32.0 Å². The van der Waals surface area contributed by atoms with Gasteiger partial charge in [0.1, 0.15) is 11.7 Å². The third-order valence-corrected chi connectivity index (χ3v) is 5.85. The molecule has 1 aliphatic heterocycles. The zero-order valence-corrected chi connectivity index (χ0v) is 16.1. The maximum atomic E-state index is 12.7. The van der Waals surface area contributed by atoms with Crippen LogP contribution in [-0.4, -0.2) is 45.0 Å². The molecule has 0 atom stereocenters. The zero-order chi connectivity index (χ0) is 18.5. The molecule has 1 saturated heterocycles. The molecule has 1 aliphatic carbocycles. The lowest BCUT2D eigenvalue weighted by Crippen LogP contribution is -2.48. The van der Waals surface area contributed by atoms with E-state index in [-0.39, 0.29) is 18.7 Å². The highest BCUT2D eigenvalue weighted by Crippen LogP contribution is 2.39. The van der Waals surface area contributed by atoms with E-state index in [9.17, 15) is 9.59 Å². The van der Waals surface area contributed by atoms with Crippen molar-refractivity contribution in [2.24, 2.45) is 0 Å². The highest BCUT2D eigenvalue weighted by Gasteiger charge is 2.32. The van der Waals surface area contributed by atoms with Gasteiger partial charge >= 0.3 is 5.97 Å². The number of anilines is 1. The van der Waals surface area contributed by atoms with E-state index in [1.165, 1.54) is 30.4 Å². The first kappa shape index (κ1) is 19.1. The molecule has 26 heavy (non-hydrogen) atoms. The molecule has 3 rings (SSSR count). The van der Waals surface area contributed by atoms with Gasteiger partial charge in [-0.05, 0) is 37.3 Å². The molecule has 7 heteroatoms. The lowest BCUT2D eigenvalue weighted by atomic mass is 9.98. The Labute approximate surface area is 157 Å². The Morgan fingerprint density at radius 2 is 2.08 bits per heavy atom. The van der Waals surface area contributed by atoms with E-state index >= 15 is 0 Å². The quantitative estimate of drug-likeness (QED) is 0.731. The van der Waals surface area contributed by atoms with Crippen LogP contribution in [0, 0.1) is 0 Å². The second-order valence-corrected chi connectivity index (χ2v) is 7.47. The Hall–Kier alpha value is -1.70. The van der Waals surface area contributed by atoms with Gasteiger partial charge in [-0.15, -0.1) is 11.3 Å². The fraction of sp³-hybridized carbons (Fsp3) is 0.579. The van der Waals surface area contributed by atoms with Crippen molar-refractivity contribution >= 4 is 34.5 Å². The van der Waals surface area contributed by atoms with Crippen LogP contribution in [0.15, 0.2) is 12.1 Å². The maximum absolute atomic E-state index is 12.7. The third kappa shape index (κ3) is 4.00. The largest absolute Gasteiger partial charge is 0.465 e. The number of allylic oxidation sites excluding steroid dienone is 2. The molecule has 1 amide bonds. The number of nitrogens with zero attached hydrogens (tertiary/aromatic N) is 1. The normalized spacial score (nSPS) is 18.3. The van der Waals surface area contributed by atoms with E-state index in [4.69, 9.17) is 14.2 Å². The lowest BCUT2D eigenvalue weighted by Gasteiger charge is -2.33. The van der Waals surface area contributed by atoms with E-state index in [0.29, 0.717) is 30.2 Å². The fourth-order valence-electron chi connectivity index (χ4n) is 3.35. The molecule has 2 aliphatic rings. The average Bonchev–Trinajstić information content (AvgIpc) is 3.14. The number of esters is 1. The number of carbonyl (C=O) groups excluding carboxylic acids is 2. The minimum atomic E-state index is -0.417. The van der Waals surface area contributed by atoms with Crippen LogP contribution >= 0.6 is 11.3 Å². The number of thiophene rings is 1.